The van der Waals surface area contributed by atoms with E-state index in [1.54, 1.807) is 17.1 Å². The number of aryl methyl sites for hydroxylation is 3. The summed E-state index contributed by atoms with van der Waals surface area (Å²) >= 11 is 5.79. The molecule has 0 fully saturated rings. The van der Waals surface area contributed by atoms with Crippen LogP contribution in [0.25, 0.3) is 0 Å². The summed E-state index contributed by atoms with van der Waals surface area (Å²) in [5.74, 6) is 1.39. The Hall–Kier alpha value is -1.49. The zero-order valence-corrected chi connectivity index (χ0v) is 9.15. The summed E-state index contributed by atoms with van der Waals surface area (Å²) in [4.78, 5) is 4.22. The van der Waals surface area contributed by atoms with E-state index in [4.69, 9.17) is 17.3 Å². The second kappa shape index (κ2) is 3.94. The predicted molar refractivity (Wildman–Crippen MR) is 58.6 cm³/mol. The Balaban J connectivity index is 2.02. The summed E-state index contributed by atoms with van der Waals surface area (Å²) in [7, 11) is 1.97. The molecule has 0 spiro atoms. The zero-order chi connectivity index (χ0) is 10.8. The number of nitrogen functional groups attached to an aromatic ring is 1. The van der Waals surface area contributed by atoms with Gasteiger partial charge in [-0.25, -0.2) is 4.98 Å². The molecule has 15 heavy (non-hydrogen) atoms. The van der Waals surface area contributed by atoms with Gasteiger partial charge in [-0.15, -0.1) is 0 Å². The maximum absolute atomic E-state index is 5.79. The molecule has 0 atom stereocenters. The molecule has 0 bridgehead atoms. The van der Waals surface area contributed by atoms with E-state index >= 15 is 0 Å². The maximum Gasteiger partial charge on any atom is 0.164 e. The lowest BCUT2D eigenvalue weighted by Gasteiger charge is -2.01. The van der Waals surface area contributed by atoms with Gasteiger partial charge in [0.2, 0.25) is 0 Å². The molecule has 2 aromatic rings. The van der Waals surface area contributed by atoms with E-state index in [9.17, 15) is 0 Å². The number of aromatic nitrogens is 4. The molecule has 0 amide bonds. The molecule has 2 rings (SSSR count). The normalized spacial score (nSPS) is 10.8. The Labute approximate surface area is 92.5 Å². The second-order valence-corrected chi connectivity index (χ2v) is 3.74. The highest BCUT2D eigenvalue weighted by atomic mass is 35.5. The molecule has 0 aliphatic heterocycles. The summed E-state index contributed by atoms with van der Waals surface area (Å²) < 4.78 is 3.71. The van der Waals surface area contributed by atoms with Gasteiger partial charge in [0.15, 0.2) is 5.82 Å². The van der Waals surface area contributed by atoms with Gasteiger partial charge in [-0.1, -0.05) is 11.6 Å². The van der Waals surface area contributed by atoms with Crippen molar-refractivity contribution in [2.75, 3.05) is 5.73 Å². The summed E-state index contributed by atoms with van der Waals surface area (Å²) in [5.41, 5.74) is 5.53. The molecule has 6 heteroatoms. The Morgan fingerprint density at radius 3 is 2.87 bits per heavy atom. The smallest absolute Gasteiger partial charge is 0.164 e. The third-order valence-corrected chi connectivity index (χ3v) is 2.52. The van der Waals surface area contributed by atoms with E-state index in [0.29, 0.717) is 10.8 Å². The van der Waals surface area contributed by atoms with Crippen LogP contribution >= 0.6 is 11.6 Å². The molecule has 0 aliphatic rings. The van der Waals surface area contributed by atoms with Crippen LogP contribution in [-0.2, 0) is 20.0 Å². The highest BCUT2D eigenvalue weighted by Gasteiger charge is 2.04. The van der Waals surface area contributed by atoms with E-state index in [-0.39, 0.29) is 0 Å². The van der Waals surface area contributed by atoms with Gasteiger partial charge in [0.25, 0.3) is 0 Å². The van der Waals surface area contributed by atoms with Gasteiger partial charge in [-0.05, 0) is 0 Å². The quantitative estimate of drug-likeness (QED) is 0.851. The first-order valence-electron chi connectivity index (χ1n) is 4.61. The number of anilines is 1. The molecule has 0 saturated carbocycles. The van der Waals surface area contributed by atoms with Crippen LogP contribution in [0.1, 0.15) is 5.82 Å². The van der Waals surface area contributed by atoms with Crippen molar-refractivity contribution >= 4 is 17.4 Å². The lowest BCUT2D eigenvalue weighted by Crippen LogP contribution is -2.06. The van der Waals surface area contributed by atoms with Crippen LogP contribution in [0.4, 0.5) is 5.82 Å². The second-order valence-electron chi connectivity index (χ2n) is 3.33. The van der Waals surface area contributed by atoms with Gasteiger partial charge in [0.1, 0.15) is 10.8 Å². The topological polar surface area (TPSA) is 61.7 Å². The largest absolute Gasteiger partial charge is 0.381 e. The summed E-state index contributed by atoms with van der Waals surface area (Å²) in [6.07, 6.45) is 6.22. The number of nitrogens with zero attached hydrogens (tertiary/aromatic N) is 4. The number of hydrogen-bond donors (Lipinski definition) is 1. The molecule has 0 saturated heterocycles. The van der Waals surface area contributed by atoms with Gasteiger partial charge < -0.3 is 10.3 Å². The maximum atomic E-state index is 5.79. The molecule has 0 radical (unpaired) electrons. The summed E-state index contributed by atoms with van der Waals surface area (Å²) in [6, 6.07) is 0. The first kappa shape index (κ1) is 10.0. The Morgan fingerprint density at radius 2 is 2.33 bits per heavy atom. The number of imidazole rings is 1. The monoisotopic (exact) mass is 225 g/mol. The standard InChI is InChI=1S/C9H12ClN5/c1-14-5-3-12-8(14)2-4-15-6-7(10)9(11)13-15/h3,5-6H,2,4H2,1H3,(H2,11,13). The fourth-order valence-corrected chi connectivity index (χ4v) is 1.53. The third-order valence-electron chi connectivity index (χ3n) is 2.23. The van der Waals surface area contributed by atoms with Gasteiger partial charge in [-0.3, -0.25) is 4.68 Å². The minimum atomic E-state index is 0.372. The van der Waals surface area contributed by atoms with Crippen molar-refractivity contribution in [3.8, 4) is 0 Å². The molecule has 2 N–H and O–H groups in total. The number of hydrogen-bond acceptors (Lipinski definition) is 3. The fraction of sp³-hybridized carbons (Fsp3) is 0.333. The molecule has 2 aromatic heterocycles. The van der Waals surface area contributed by atoms with E-state index in [0.717, 1.165) is 18.8 Å². The molecule has 0 aromatic carbocycles. The number of nitrogens with two attached hydrogens (primary N) is 1. The Kier molecular flexibility index (Phi) is 2.64. The number of halogens is 1. The van der Waals surface area contributed by atoms with E-state index in [2.05, 4.69) is 10.1 Å². The molecule has 2 heterocycles. The molecular weight excluding hydrogens is 214 g/mol. The van der Waals surface area contributed by atoms with E-state index in [1.807, 2.05) is 17.8 Å². The minimum absolute atomic E-state index is 0.372. The van der Waals surface area contributed by atoms with Crippen molar-refractivity contribution in [1.82, 2.24) is 19.3 Å². The first-order chi connectivity index (χ1) is 7.16. The number of rotatable bonds is 3. The van der Waals surface area contributed by atoms with E-state index in [1.165, 1.54) is 0 Å². The first-order valence-corrected chi connectivity index (χ1v) is 4.99. The predicted octanol–water partition coefficient (Wildman–Crippen LogP) is 1.09. The molecule has 0 aliphatic carbocycles. The Bertz CT molecular complexity index is 439. The molecule has 5 nitrogen and oxygen atoms in total. The van der Waals surface area contributed by atoms with E-state index < -0.39 is 0 Å². The van der Waals surface area contributed by atoms with Gasteiger partial charge >= 0.3 is 0 Å². The van der Waals surface area contributed by atoms with Crippen LogP contribution in [0.2, 0.25) is 5.02 Å². The Morgan fingerprint density at radius 1 is 1.53 bits per heavy atom. The van der Waals surface area contributed by atoms with Crippen LogP contribution in [0.5, 0.6) is 0 Å². The minimum Gasteiger partial charge on any atom is -0.381 e. The molecular formula is C9H12ClN5. The lowest BCUT2D eigenvalue weighted by atomic mass is 10.4. The average Bonchev–Trinajstić information content (AvgIpc) is 2.72. The third kappa shape index (κ3) is 2.12. The molecule has 80 valence electrons. The molecule has 0 unspecified atom stereocenters. The van der Waals surface area contributed by atoms with Crippen molar-refractivity contribution in [1.29, 1.82) is 0 Å². The average molecular weight is 226 g/mol. The van der Waals surface area contributed by atoms with Crippen LogP contribution < -0.4 is 5.73 Å². The van der Waals surface area contributed by atoms with Crippen molar-refractivity contribution in [3.63, 3.8) is 0 Å². The zero-order valence-electron chi connectivity index (χ0n) is 8.39. The lowest BCUT2D eigenvalue weighted by molar-refractivity contribution is 0.591. The van der Waals surface area contributed by atoms with Crippen molar-refractivity contribution in [2.24, 2.45) is 7.05 Å². The fourth-order valence-electron chi connectivity index (χ4n) is 1.38. The van der Waals surface area contributed by atoms with Crippen LogP contribution in [0, 0.1) is 0 Å². The van der Waals surface area contributed by atoms with Gasteiger partial charge in [0.05, 0.1) is 0 Å². The summed E-state index contributed by atoms with van der Waals surface area (Å²) in [5, 5.41) is 4.56. The van der Waals surface area contributed by atoms with Crippen molar-refractivity contribution in [2.45, 2.75) is 13.0 Å². The van der Waals surface area contributed by atoms with Gasteiger partial charge in [0, 0.05) is 38.6 Å². The van der Waals surface area contributed by atoms with Gasteiger partial charge in [-0.2, -0.15) is 5.10 Å². The van der Waals surface area contributed by atoms with Crippen molar-refractivity contribution < 1.29 is 0 Å². The SMILES string of the molecule is Cn1ccnc1CCn1cc(Cl)c(N)n1. The highest BCUT2D eigenvalue weighted by molar-refractivity contribution is 6.32. The van der Waals surface area contributed by atoms with Crippen LogP contribution in [0.15, 0.2) is 18.6 Å². The summed E-state index contributed by atoms with van der Waals surface area (Å²) in [6.45, 7) is 0.724. The van der Waals surface area contributed by atoms with Crippen molar-refractivity contribution in [3.05, 3.63) is 29.4 Å². The highest BCUT2D eigenvalue weighted by Crippen LogP contribution is 2.15. The van der Waals surface area contributed by atoms with Crippen LogP contribution in [0.3, 0.4) is 0 Å². The van der Waals surface area contributed by atoms with Crippen LogP contribution in [-0.4, -0.2) is 19.3 Å².